The molecule has 1 heterocycles. The van der Waals surface area contributed by atoms with Crippen LogP contribution < -0.4 is 5.14 Å². The summed E-state index contributed by atoms with van der Waals surface area (Å²) in [5.41, 5.74) is -0.751. The van der Waals surface area contributed by atoms with Gasteiger partial charge < -0.3 is 5.11 Å². The Morgan fingerprint density at radius 3 is 2.54 bits per heavy atom. The van der Waals surface area contributed by atoms with Gasteiger partial charge in [0.25, 0.3) is 10.2 Å². The third kappa shape index (κ3) is 3.22. The van der Waals surface area contributed by atoms with Crippen molar-refractivity contribution >= 4 is 10.2 Å². The molecule has 0 aromatic heterocycles. The fraction of sp³-hybridized carbons (Fsp3) is 1.00. The second kappa shape index (κ2) is 3.53. The van der Waals surface area contributed by atoms with Crippen LogP contribution in [0.4, 0.5) is 0 Å². The highest BCUT2D eigenvalue weighted by molar-refractivity contribution is 7.86. The predicted molar refractivity (Wildman–Crippen MR) is 49.2 cm³/mol. The van der Waals surface area contributed by atoms with Gasteiger partial charge in [-0.25, -0.2) is 5.14 Å². The Hall–Kier alpha value is -0.170. The van der Waals surface area contributed by atoms with Gasteiger partial charge in [0.05, 0.1) is 5.60 Å². The Bertz CT molecular complexity index is 273. The highest BCUT2D eigenvalue weighted by Crippen LogP contribution is 2.21. The lowest BCUT2D eigenvalue weighted by atomic mass is 9.98. The Morgan fingerprint density at radius 1 is 1.38 bits per heavy atom. The van der Waals surface area contributed by atoms with E-state index >= 15 is 0 Å². The van der Waals surface area contributed by atoms with E-state index in [0.29, 0.717) is 32.4 Å². The monoisotopic (exact) mass is 208 g/mol. The van der Waals surface area contributed by atoms with Crippen LogP contribution >= 0.6 is 0 Å². The molecular weight excluding hydrogens is 192 g/mol. The molecule has 0 amide bonds. The van der Waals surface area contributed by atoms with E-state index in [2.05, 4.69) is 0 Å². The maximum Gasteiger partial charge on any atom is 0.276 e. The minimum Gasteiger partial charge on any atom is -0.390 e. The van der Waals surface area contributed by atoms with Crippen LogP contribution in [0.25, 0.3) is 0 Å². The van der Waals surface area contributed by atoms with Gasteiger partial charge in [-0.05, 0) is 26.2 Å². The number of hydrogen-bond acceptors (Lipinski definition) is 3. The van der Waals surface area contributed by atoms with Crippen LogP contribution in [0.3, 0.4) is 0 Å². The largest absolute Gasteiger partial charge is 0.390 e. The predicted octanol–water partition coefficient (Wildman–Crippen LogP) is -0.573. The van der Waals surface area contributed by atoms with Crippen LogP contribution in [-0.2, 0) is 10.2 Å². The first-order valence-electron chi connectivity index (χ1n) is 4.31. The van der Waals surface area contributed by atoms with Crippen molar-refractivity contribution in [3.8, 4) is 0 Å². The molecule has 3 N–H and O–H groups in total. The normalized spacial score (nSPS) is 32.8. The molecule has 0 radical (unpaired) electrons. The summed E-state index contributed by atoms with van der Waals surface area (Å²) < 4.78 is 23.2. The topological polar surface area (TPSA) is 83.6 Å². The number of nitrogens with zero attached hydrogens (tertiary/aromatic N) is 1. The maximum absolute atomic E-state index is 11.0. The zero-order valence-electron chi connectivity index (χ0n) is 7.73. The molecule has 13 heavy (non-hydrogen) atoms. The summed E-state index contributed by atoms with van der Waals surface area (Å²) in [5.74, 6) is 0. The van der Waals surface area contributed by atoms with Crippen LogP contribution in [0.5, 0.6) is 0 Å². The zero-order valence-corrected chi connectivity index (χ0v) is 8.55. The van der Waals surface area contributed by atoms with Crippen LogP contribution in [0.15, 0.2) is 0 Å². The molecule has 78 valence electrons. The van der Waals surface area contributed by atoms with Crippen molar-refractivity contribution in [2.45, 2.75) is 31.8 Å². The Morgan fingerprint density at radius 2 is 2.00 bits per heavy atom. The van der Waals surface area contributed by atoms with Crippen molar-refractivity contribution in [3.63, 3.8) is 0 Å². The zero-order chi connectivity index (χ0) is 10.1. The standard InChI is InChI=1S/C7H16N2O3S/c1-7(10)3-2-5-9(6-4-7)13(8,11)12/h10H,2-6H2,1H3,(H2,8,11,12). The van der Waals surface area contributed by atoms with Crippen molar-refractivity contribution in [1.82, 2.24) is 4.31 Å². The molecule has 0 aliphatic carbocycles. The third-order valence-electron chi connectivity index (χ3n) is 2.38. The summed E-state index contributed by atoms with van der Waals surface area (Å²) >= 11 is 0. The molecule has 1 unspecified atom stereocenters. The lowest BCUT2D eigenvalue weighted by molar-refractivity contribution is 0.0465. The summed E-state index contributed by atoms with van der Waals surface area (Å²) in [5, 5.41) is 14.7. The first-order valence-corrected chi connectivity index (χ1v) is 5.82. The van der Waals surface area contributed by atoms with Crippen molar-refractivity contribution < 1.29 is 13.5 Å². The molecule has 0 bridgehead atoms. The van der Waals surface area contributed by atoms with E-state index in [1.807, 2.05) is 0 Å². The first-order chi connectivity index (χ1) is 5.81. The second-order valence-electron chi connectivity index (χ2n) is 3.79. The highest BCUT2D eigenvalue weighted by Gasteiger charge is 2.28. The fourth-order valence-electron chi connectivity index (χ4n) is 1.49. The van der Waals surface area contributed by atoms with Crippen LogP contribution in [0, 0.1) is 0 Å². The van der Waals surface area contributed by atoms with Gasteiger partial charge >= 0.3 is 0 Å². The summed E-state index contributed by atoms with van der Waals surface area (Å²) in [6.45, 7) is 2.44. The molecule has 1 aliphatic heterocycles. The highest BCUT2D eigenvalue weighted by atomic mass is 32.2. The number of aliphatic hydroxyl groups is 1. The molecule has 0 spiro atoms. The molecule has 5 nitrogen and oxygen atoms in total. The van der Waals surface area contributed by atoms with Gasteiger partial charge in [-0.1, -0.05) is 0 Å². The van der Waals surface area contributed by atoms with Crippen molar-refractivity contribution in [2.75, 3.05) is 13.1 Å². The van der Waals surface area contributed by atoms with Gasteiger partial charge in [0, 0.05) is 13.1 Å². The SMILES string of the molecule is CC1(O)CCCN(S(N)(=O)=O)CC1. The lowest BCUT2D eigenvalue weighted by Crippen LogP contribution is -2.38. The number of rotatable bonds is 1. The molecule has 0 aromatic rings. The molecule has 1 saturated heterocycles. The number of nitrogens with two attached hydrogens (primary N) is 1. The van der Waals surface area contributed by atoms with Crippen molar-refractivity contribution in [1.29, 1.82) is 0 Å². The molecule has 6 heteroatoms. The van der Waals surface area contributed by atoms with Crippen LogP contribution in [0.1, 0.15) is 26.2 Å². The van der Waals surface area contributed by atoms with Crippen LogP contribution in [-0.4, -0.2) is 36.5 Å². The van der Waals surface area contributed by atoms with Crippen molar-refractivity contribution in [2.24, 2.45) is 5.14 Å². The van der Waals surface area contributed by atoms with E-state index in [4.69, 9.17) is 5.14 Å². The van der Waals surface area contributed by atoms with Gasteiger partial charge in [0.1, 0.15) is 0 Å². The van der Waals surface area contributed by atoms with Gasteiger partial charge in [0.2, 0.25) is 0 Å². The van der Waals surface area contributed by atoms with Crippen LogP contribution in [0.2, 0.25) is 0 Å². The molecular formula is C7H16N2O3S. The maximum atomic E-state index is 11.0. The summed E-state index contributed by atoms with van der Waals surface area (Å²) in [4.78, 5) is 0. The molecule has 1 atom stereocenters. The molecule has 1 rings (SSSR count). The third-order valence-corrected chi connectivity index (χ3v) is 3.47. The van der Waals surface area contributed by atoms with E-state index < -0.39 is 15.8 Å². The average Bonchev–Trinajstić information content (AvgIpc) is 2.08. The molecule has 1 fully saturated rings. The Kier molecular flexibility index (Phi) is 2.96. The smallest absolute Gasteiger partial charge is 0.276 e. The summed E-state index contributed by atoms with van der Waals surface area (Å²) in [6.07, 6.45) is 1.73. The van der Waals surface area contributed by atoms with Gasteiger partial charge in [0.15, 0.2) is 0 Å². The van der Waals surface area contributed by atoms with Gasteiger partial charge in [-0.15, -0.1) is 0 Å². The van der Waals surface area contributed by atoms with E-state index in [-0.39, 0.29) is 0 Å². The Balaban J connectivity index is 2.66. The lowest BCUT2D eigenvalue weighted by Gasteiger charge is -2.20. The molecule has 0 aromatic carbocycles. The van der Waals surface area contributed by atoms with E-state index in [1.165, 1.54) is 4.31 Å². The average molecular weight is 208 g/mol. The quantitative estimate of drug-likeness (QED) is 0.605. The van der Waals surface area contributed by atoms with E-state index in [0.717, 1.165) is 0 Å². The minimum atomic E-state index is -3.58. The summed E-state index contributed by atoms with van der Waals surface area (Å²) in [7, 11) is -3.58. The summed E-state index contributed by atoms with van der Waals surface area (Å²) in [6, 6.07) is 0. The van der Waals surface area contributed by atoms with Crippen molar-refractivity contribution in [3.05, 3.63) is 0 Å². The number of hydrogen-bond donors (Lipinski definition) is 2. The Labute approximate surface area is 78.7 Å². The van der Waals surface area contributed by atoms with Gasteiger partial charge in [-0.2, -0.15) is 12.7 Å². The molecule has 0 saturated carbocycles. The molecule has 1 aliphatic rings. The van der Waals surface area contributed by atoms with Gasteiger partial charge in [-0.3, -0.25) is 0 Å². The second-order valence-corrected chi connectivity index (χ2v) is 5.34. The first kappa shape index (κ1) is 10.9. The minimum absolute atomic E-state index is 0.311. The van der Waals surface area contributed by atoms with E-state index in [9.17, 15) is 13.5 Å². The fourth-order valence-corrected chi connectivity index (χ4v) is 2.22. The van der Waals surface area contributed by atoms with E-state index in [1.54, 1.807) is 6.92 Å².